The van der Waals surface area contributed by atoms with Gasteiger partial charge >= 0.3 is 0 Å². The van der Waals surface area contributed by atoms with Gasteiger partial charge in [-0.25, -0.2) is 4.39 Å². The lowest BCUT2D eigenvalue weighted by Gasteiger charge is -2.12. The third kappa shape index (κ3) is 1.88. The lowest BCUT2D eigenvalue weighted by molar-refractivity contribution is 0.395. The molecular formula is C9H10BrF2NO. The van der Waals surface area contributed by atoms with E-state index in [9.17, 15) is 13.9 Å². The highest BCUT2D eigenvalue weighted by atomic mass is 79.9. The Morgan fingerprint density at radius 3 is 2.57 bits per heavy atom. The predicted molar refractivity (Wildman–Crippen MR) is 52.9 cm³/mol. The smallest absolute Gasteiger partial charge is 0.201 e. The Balaban J connectivity index is 3.33. The van der Waals surface area contributed by atoms with Crippen molar-refractivity contribution in [1.29, 1.82) is 0 Å². The molecular weight excluding hydrogens is 256 g/mol. The van der Waals surface area contributed by atoms with Gasteiger partial charge in [0, 0.05) is 11.6 Å². The van der Waals surface area contributed by atoms with Gasteiger partial charge in [0.1, 0.15) is 0 Å². The Hall–Kier alpha value is -0.680. The third-order valence-electron chi connectivity index (χ3n) is 2.01. The van der Waals surface area contributed by atoms with E-state index >= 15 is 0 Å². The quantitative estimate of drug-likeness (QED) is 0.808. The average molecular weight is 266 g/mol. The second kappa shape index (κ2) is 4.23. The molecule has 0 amide bonds. The van der Waals surface area contributed by atoms with E-state index in [1.165, 1.54) is 6.07 Å². The molecule has 1 aromatic rings. The van der Waals surface area contributed by atoms with Crippen LogP contribution in [0.15, 0.2) is 10.5 Å². The minimum Gasteiger partial charge on any atom is -0.505 e. The van der Waals surface area contributed by atoms with Gasteiger partial charge in [-0.05, 0) is 28.4 Å². The summed E-state index contributed by atoms with van der Waals surface area (Å²) >= 11 is 2.85. The summed E-state index contributed by atoms with van der Waals surface area (Å²) in [7, 11) is 0. The molecule has 0 fully saturated rings. The Morgan fingerprint density at radius 2 is 2.07 bits per heavy atom. The van der Waals surface area contributed by atoms with Crippen molar-refractivity contribution in [2.24, 2.45) is 5.73 Å². The molecule has 0 saturated heterocycles. The van der Waals surface area contributed by atoms with Crippen molar-refractivity contribution in [2.45, 2.75) is 19.4 Å². The fraction of sp³-hybridized carbons (Fsp3) is 0.333. The molecule has 14 heavy (non-hydrogen) atoms. The number of phenolic OH excluding ortho intramolecular Hbond substituents is 1. The Morgan fingerprint density at radius 1 is 1.50 bits per heavy atom. The topological polar surface area (TPSA) is 46.2 Å². The average Bonchev–Trinajstić information content (AvgIpc) is 2.19. The summed E-state index contributed by atoms with van der Waals surface area (Å²) in [6.07, 6.45) is 0.533. The van der Waals surface area contributed by atoms with Crippen LogP contribution in [0.1, 0.15) is 24.9 Å². The van der Waals surface area contributed by atoms with E-state index in [-0.39, 0.29) is 10.0 Å². The van der Waals surface area contributed by atoms with Gasteiger partial charge in [0.25, 0.3) is 0 Å². The Labute approximate surface area is 88.9 Å². The van der Waals surface area contributed by atoms with Crippen molar-refractivity contribution in [3.8, 4) is 5.75 Å². The molecule has 0 bridgehead atoms. The van der Waals surface area contributed by atoms with Gasteiger partial charge in [0.15, 0.2) is 11.6 Å². The highest BCUT2D eigenvalue weighted by Gasteiger charge is 2.19. The van der Waals surface area contributed by atoms with Crippen molar-refractivity contribution in [3.05, 3.63) is 27.7 Å². The van der Waals surface area contributed by atoms with E-state index in [0.29, 0.717) is 6.42 Å². The first-order valence-corrected chi connectivity index (χ1v) is 4.90. The summed E-state index contributed by atoms with van der Waals surface area (Å²) < 4.78 is 25.9. The van der Waals surface area contributed by atoms with Crippen LogP contribution in [-0.4, -0.2) is 5.11 Å². The zero-order valence-corrected chi connectivity index (χ0v) is 9.11. The Kier molecular flexibility index (Phi) is 3.44. The van der Waals surface area contributed by atoms with Crippen LogP contribution in [-0.2, 0) is 0 Å². The molecule has 0 unspecified atom stereocenters. The zero-order valence-electron chi connectivity index (χ0n) is 7.52. The summed E-state index contributed by atoms with van der Waals surface area (Å²) in [5.41, 5.74) is 5.82. The molecule has 3 N–H and O–H groups in total. The number of phenols is 1. The first-order valence-electron chi connectivity index (χ1n) is 4.11. The number of aromatic hydroxyl groups is 1. The molecule has 0 aromatic heterocycles. The maximum atomic E-state index is 13.0. The molecule has 5 heteroatoms. The first-order chi connectivity index (χ1) is 6.49. The lowest BCUT2D eigenvalue weighted by Crippen LogP contribution is -2.10. The molecule has 0 saturated carbocycles. The van der Waals surface area contributed by atoms with Crippen LogP contribution in [0.3, 0.4) is 0 Å². The monoisotopic (exact) mass is 265 g/mol. The van der Waals surface area contributed by atoms with E-state index in [0.717, 1.165) is 0 Å². The molecule has 0 aliphatic heterocycles. The molecule has 1 atom stereocenters. The van der Waals surface area contributed by atoms with Crippen molar-refractivity contribution < 1.29 is 13.9 Å². The van der Waals surface area contributed by atoms with Crippen LogP contribution in [0.2, 0.25) is 0 Å². The SMILES string of the molecule is CC[C@H](N)c1cc(Br)c(F)c(F)c1O. The minimum absolute atomic E-state index is 0.0355. The number of halogens is 3. The summed E-state index contributed by atoms with van der Waals surface area (Å²) in [4.78, 5) is 0. The summed E-state index contributed by atoms with van der Waals surface area (Å²) in [5, 5.41) is 9.29. The Bertz CT molecular complexity index is 357. The van der Waals surface area contributed by atoms with Gasteiger partial charge in [-0.2, -0.15) is 4.39 Å². The first kappa shape index (κ1) is 11.4. The second-order valence-electron chi connectivity index (χ2n) is 2.94. The van der Waals surface area contributed by atoms with Crippen molar-refractivity contribution in [3.63, 3.8) is 0 Å². The number of nitrogens with two attached hydrogens (primary N) is 1. The van der Waals surface area contributed by atoms with Crippen LogP contribution >= 0.6 is 15.9 Å². The van der Waals surface area contributed by atoms with Gasteiger partial charge in [0.2, 0.25) is 5.82 Å². The largest absolute Gasteiger partial charge is 0.505 e. The van der Waals surface area contributed by atoms with Gasteiger partial charge in [0.05, 0.1) is 4.47 Å². The third-order valence-corrected chi connectivity index (χ3v) is 2.58. The van der Waals surface area contributed by atoms with Gasteiger partial charge < -0.3 is 10.8 Å². The van der Waals surface area contributed by atoms with E-state index in [1.807, 2.05) is 0 Å². The molecule has 0 spiro atoms. The molecule has 0 aliphatic rings. The van der Waals surface area contributed by atoms with E-state index < -0.39 is 23.4 Å². The fourth-order valence-corrected chi connectivity index (χ4v) is 1.53. The summed E-state index contributed by atoms with van der Waals surface area (Å²) in [6.45, 7) is 1.79. The maximum Gasteiger partial charge on any atom is 0.201 e. The summed E-state index contributed by atoms with van der Waals surface area (Å²) in [5.74, 6) is -3.08. The molecule has 0 aliphatic carbocycles. The highest BCUT2D eigenvalue weighted by Crippen LogP contribution is 2.33. The molecule has 1 rings (SSSR count). The molecule has 0 radical (unpaired) electrons. The standard InChI is InChI=1S/C9H10BrF2NO/c1-2-6(13)4-3-5(10)7(11)8(12)9(4)14/h3,6,14H,2,13H2,1H3/t6-/m0/s1. The lowest BCUT2D eigenvalue weighted by atomic mass is 10.0. The van der Waals surface area contributed by atoms with E-state index in [4.69, 9.17) is 5.73 Å². The predicted octanol–water partition coefficient (Wildman–Crippen LogP) is 2.84. The van der Waals surface area contributed by atoms with Gasteiger partial charge in [-0.3, -0.25) is 0 Å². The zero-order chi connectivity index (χ0) is 10.9. The number of benzene rings is 1. The number of hydrogen-bond acceptors (Lipinski definition) is 2. The van der Waals surface area contributed by atoms with Crippen LogP contribution < -0.4 is 5.73 Å². The van der Waals surface area contributed by atoms with Crippen LogP contribution in [0, 0.1) is 11.6 Å². The molecule has 0 heterocycles. The minimum atomic E-state index is -1.27. The normalized spacial score (nSPS) is 12.9. The second-order valence-corrected chi connectivity index (χ2v) is 3.79. The molecule has 2 nitrogen and oxygen atoms in total. The maximum absolute atomic E-state index is 13.0. The van der Waals surface area contributed by atoms with Gasteiger partial charge in [-0.15, -0.1) is 0 Å². The highest BCUT2D eigenvalue weighted by molar-refractivity contribution is 9.10. The summed E-state index contributed by atoms with van der Waals surface area (Å²) in [6, 6.07) is 0.795. The van der Waals surface area contributed by atoms with E-state index in [1.54, 1.807) is 6.92 Å². The van der Waals surface area contributed by atoms with Crippen LogP contribution in [0.5, 0.6) is 5.75 Å². The van der Waals surface area contributed by atoms with Crippen LogP contribution in [0.4, 0.5) is 8.78 Å². The number of hydrogen-bond donors (Lipinski definition) is 2. The molecule has 1 aromatic carbocycles. The van der Waals surface area contributed by atoms with Crippen molar-refractivity contribution in [1.82, 2.24) is 0 Å². The fourth-order valence-electron chi connectivity index (χ4n) is 1.11. The van der Waals surface area contributed by atoms with E-state index in [2.05, 4.69) is 15.9 Å². The van der Waals surface area contributed by atoms with Crippen molar-refractivity contribution >= 4 is 15.9 Å². The molecule has 78 valence electrons. The van der Waals surface area contributed by atoms with Crippen LogP contribution in [0.25, 0.3) is 0 Å². The van der Waals surface area contributed by atoms with Crippen molar-refractivity contribution in [2.75, 3.05) is 0 Å². The van der Waals surface area contributed by atoms with Gasteiger partial charge in [-0.1, -0.05) is 6.92 Å². The number of rotatable bonds is 2.